The van der Waals surface area contributed by atoms with Crippen LogP contribution in [0.4, 0.5) is 39.5 Å². The molecule has 0 amide bonds. The van der Waals surface area contributed by atoms with Gasteiger partial charge in [-0.15, -0.1) is 13.2 Å². The van der Waals surface area contributed by atoms with Crippen molar-refractivity contribution in [1.29, 1.82) is 0 Å². The van der Waals surface area contributed by atoms with E-state index in [0.717, 1.165) is 36.4 Å². The summed E-state index contributed by atoms with van der Waals surface area (Å²) in [5, 5.41) is 0.0308. The maximum Gasteiger partial charge on any atom is 0.573 e. The molecule has 0 saturated carbocycles. The Morgan fingerprint density at radius 1 is 0.833 bits per heavy atom. The molecule has 0 radical (unpaired) electrons. The lowest BCUT2D eigenvalue weighted by Crippen LogP contribution is -2.58. The van der Waals surface area contributed by atoms with E-state index in [1.807, 2.05) is 0 Å². The normalized spacial score (nSPS) is 12.7. The highest BCUT2D eigenvalue weighted by molar-refractivity contribution is 5.84. The lowest BCUT2D eigenvalue weighted by atomic mass is 10.0. The Hall–Kier alpha value is -4.11. The quantitative estimate of drug-likeness (QED) is 0.123. The first-order valence-electron chi connectivity index (χ1n) is 11.8. The fourth-order valence-corrected chi connectivity index (χ4v) is 3.50. The summed E-state index contributed by atoms with van der Waals surface area (Å²) in [6, 6.07) is 7.12. The molecule has 3 aromatic rings. The van der Waals surface area contributed by atoms with Gasteiger partial charge in [0.2, 0.25) is 0 Å². The Morgan fingerprint density at radius 3 is 2.10 bits per heavy atom. The molecule has 230 valence electrons. The lowest BCUT2D eigenvalue weighted by Gasteiger charge is -2.32. The highest BCUT2D eigenvalue weighted by atomic mass is 19.4. The van der Waals surface area contributed by atoms with E-state index in [0.29, 0.717) is 0 Å². The van der Waals surface area contributed by atoms with Crippen molar-refractivity contribution in [2.45, 2.75) is 43.9 Å². The molecule has 0 saturated heterocycles. The summed E-state index contributed by atoms with van der Waals surface area (Å²) in [6.45, 7) is -3.07. The molecule has 0 N–H and O–H groups in total. The van der Waals surface area contributed by atoms with Gasteiger partial charge in [-0.25, -0.2) is 4.79 Å². The Morgan fingerprint density at radius 2 is 1.48 bits per heavy atom. The van der Waals surface area contributed by atoms with Crippen LogP contribution in [0, 0.1) is 0 Å². The molecule has 42 heavy (non-hydrogen) atoms. The van der Waals surface area contributed by atoms with Crippen LogP contribution >= 0.6 is 0 Å². The summed E-state index contributed by atoms with van der Waals surface area (Å²) in [4.78, 5) is 23.8. The van der Waals surface area contributed by atoms with Crippen LogP contribution in [-0.2, 0) is 9.53 Å². The molecule has 0 atom stereocenters. The highest BCUT2D eigenvalue weighted by Crippen LogP contribution is 2.46. The van der Waals surface area contributed by atoms with E-state index < -0.39 is 66.0 Å². The van der Waals surface area contributed by atoms with Crippen molar-refractivity contribution in [2.75, 3.05) is 20.3 Å². The summed E-state index contributed by atoms with van der Waals surface area (Å²) in [5.41, 5.74) is -2.30. The third kappa shape index (κ3) is 7.20. The summed E-state index contributed by atoms with van der Waals surface area (Å²) in [6.07, 6.45) is -5.37. The van der Waals surface area contributed by atoms with Crippen LogP contribution in [0.5, 0.6) is 17.2 Å². The maximum atomic E-state index is 14.2. The zero-order valence-corrected chi connectivity index (χ0v) is 21.6. The standard InChI is InChI=1S/C26H21F9O7/c1-3-4-21(36)40-13-24(29,30)25(31,32)23(27,28)12-39-16-6-5-14-9-18(22(37)41-19(14)11-16)17-8-7-15(38-2)10-20(17)42-26(33,34)35/h5-11H,3-4,12-13H2,1-2H3. The molecule has 0 aliphatic carbocycles. The van der Waals surface area contributed by atoms with Gasteiger partial charge < -0.3 is 23.4 Å². The van der Waals surface area contributed by atoms with E-state index in [1.165, 1.54) is 20.1 Å². The van der Waals surface area contributed by atoms with E-state index in [-0.39, 0.29) is 35.1 Å². The largest absolute Gasteiger partial charge is 0.573 e. The van der Waals surface area contributed by atoms with Crippen molar-refractivity contribution in [3.05, 3.63) is 52.9 Å². The predicted molar refractivity (Wildman–Crippen MR) is 127 cm³/mol. The molecular formula is C26H21F9O7. The number of benzene rings is 2. The average molecular weight is 616 g/mol. The van der Waals surface area contributed by atoms with Gasteiger partial charge in [0, 0.05) is 29.5 Å². The van der Waals surface area contributed by atoms with E-state index in [2.05, 4.69) is 14.2 Å². The Kier molecular flexibility index (Phi) is 9.27. The zero-order chi connectivity index (χ0) is 31.5. The van der Waals surface area contributed by atoms with Gasteiger partial charge in [0.15, 0.2) is 13.2 Å². The third-order valence-corrected chi connectivity index (χ3v) is 5.62. The fourth-order valence-electron chi connectivity index (χ4n) is 3.50. The van der Waals surface area contributed by atoms with Gasteiger partial charge in [0.1, 0.15) is 22.8 Å². The van der Waals surface area contributed by atoms with E-state index in [4.69, 9.17) is 9.15 Å². The number of fused-ring (bicyclic) bond motifs is 1. The minimum absolute atomic E-state index is 0.0254. The van der Waals surface area contributed by atoms with Crippen LogP contribution in [0.2, 0.25) is 0 Å². The molecule has 1 heterocycles. The van der Waals surface area contributed by atoms with Crippen molar-refractivity contribution in [1.82, 2.24) is 0 Å². The number of methoxy groups -OCH3 is 1. The summed E-state index contributed by atoms with van der Waals surface area (Å²) >= 11 is 0. The molecule has 0 fully saturated rings. The highest BCUT2D eigenvalue weighted by Gasteiger charge is 2.72. The number of halogens is 9. The van der Waals surface area contributed by atoms with Gasteiger partial charge in [-0.1, -0.05) is 6.92 Å². The van der Waals surface area contributed by atoms with Gasteiger partial charge in [-0.3, -0.25) is 4.79 Å². The monoisotopic (exact) mass is 616 g/mol. The molecule has 0 bridgehead atoms. The van der Waals surface area contributed by atoms with Crippen LogP contribution in [0.3, 0.4) is 0 Å². The smallest absolute Gasteiger partial charge is 0.497 e. The topological polar surface area (TPSA) is 84.2 Å². The minimum atomic E-state index is -6.00. The van der Waals surface area contributed by atoms with E-state index >= 15 is 0 Å². The van der Waals surface area contributed by atoms with Crippen molar-refractivity contribution < 1.29 is 67.7 Å². The average Bonchev–Trinajstić information content (AvgIpc) is 2.89. The van der Waals surface area contributed by atoms with Gasteiger partial charge in [0.25, 0.3) is 0 Å². The summed E-state index contributed by atoms with van der Waals surface area (Å²) < 4.78 is 146. The van der Waals surface area contributed by atoms with Crippen LogP contribution in [0.15, 0.2) is 51.7 Å². The Balaban J connectivity index is 1.85. The van der Waals surface area contributed by atoms with Crippen LogP contribution in [-0.4, -0.2) is 50.4 Å². The van der Waals surface area contributed by atoms with Crippen molar-refractivity contribution in [2.24, 2.45) is 0 Å². The molecule has 0 aliphatic heterocycles. The number of alkyl halides is 9. The molecule has 3 rings (SSSR count). The second kappa shape index (κ2) is 12.0. The molecular weight excluding hydrogens is 595 g/mol. The number of rotatable bonds is 12. The first kappa shape index (κ1) is 32.4. The van der Waals surface area contributed by atoms with Crippen molar-refractivity contribution in [3.63, 3.8) is 0 Å². The van der Waals surface area contributed by atoms with Crippen molar-refractivity contribution >= 4 is 16.9 Å². The Bertz CT molecular complexity index is 1480. The lowest BCUT2D eigenvalue weighted by molar-refractivity contribution is -0.322. The van der Waals surface area contributed by atoms with E-state index in [9.17, 15) is 49.1 Å². The number of hydrogen-bond acceptors (Lipinski definition) is 7. The first-order chi connectivity index (χ1) is 19.4. The maximum absolute atomic E-state index is 14.2. The number of ether oxygens (including phenoxy) is 4. The number of esters is 1. The predicted octanol–water partition coefficient (Wildman–Crippen LogP) is 7.00. The van der Waals surface area contributed by atoms with Gasteiger partial charge >= 0.3 is 35.7 Å². The first-order valence-corrected chi connectivity index (χ1v) is 11.8. The Labute approximate surface area is 230 Å². The van der Waals surface area contributed by atoms with Gasteiger partial charge in [0.05, 0.1) is 12.7 Å². The zero-order valence-electron chi connectivity index (χ0n) is 21.6. The van der Waals surface area contributed by atoms with Crippen LogP contribution in [0.1, 0.15) is 19.8 Å². The molecule has 7 nitrogen and oxygen atoms in total. The van der Waals surface area contributed by atoms with Crippen LogP contribution < -0.4 is 19.8 Å². The molecule has 16 heteroatoms. The number of carbonyl (C=O) groups excluding carboxylic acids is 1. The van der Waals surface area contributed by atoms with E-state index in [1.54, 1.807) is 0 Å². The molecule has 0 unspecified atom stereocenters. The van der Waals surface area contributed by atoms with Crippen molar-refractivity contribution in [3.8, 4) is 28.4 Å². The number of carbonyl (C=O) groups is 1. The minimum Gasteiger partial charge on any atom is -0.497 e. The fraction of sp³-hybridized carbons (Fsp3) is 0.385. The number of hydrogen-bond donors (Lipinski definition) is 0. The molecule has 1 aromatic heterocycles. The molecule has 0 aliphatic rings. The van der Waals surface area contributed by atoms with Gasteiger partial charge in [-0.2, -0.15) is 26.3 Å². The summed E-state index contributed by atoms with van der Waals surface area (Å²) in [5.74, 6) is -19.6. The summed E-state index contributed by atoms with van der Waals surface area (Å²) in [7, 11) is 1.18. The molecule has 2 aromatic carbocycles. The van der Waals surface area contributed by atoms with Gasteiger partial charge in [-0.05, 0) is 36.8 Å². The SMILES string of the molecule is CCCC(=O)OCC(F)(F)C(F)(F)C(F)(F)COc1ccc2cc(-c3ccc(OC)cc3OC(F)(F)F)c(=O)oc2c1. The second-order valence-corrected chi connectivity index (χ2v) is 8.74. The third-order valence-electron chi connectivity index (χ3n) is 5.62. The van der Waals surface area contributed by atoms with Crippen LogP contribution in [0.25, 0.3) is 22.1 Å². The molecule has 0 spiro atoms. The second-order valence-electron chi connectivity index (χ2n) is 8.74.